The van der Waals surface area contributed by atoms with E-state index in [1.807, 2.05) is 18.2 Å². The summed E-state index contributed by atoms with van der Waals surface area (Å²) in [6.45, 7) is -0.718. The molecule has 2 amide bonds. The molecule has 0 fully saturated rings. The predicted molar refractivity (Wildman–Crippen MR) is 65.3 cm³/mol. The van der Waals surface area contributed by atoms with Gasteiger partial charge in [-0.3, -0.25) is 9.59 Å². The summed E-state index contributed by atoms with van der Waals surface area (Å²) < 4.78 is 4.86. The van der Waals surface area contributed by atoms with Gasteiger partial charge < -0.3 is 20.5 Å². The minimum Gasteiger partial charge on any atom is -0.480 e. The van der Waals surface area contributed by atoms with Gasteiger partial charge in [0.1, 0.15) is 19.7 Å². The Morgan fingerprint density at radius 2 is 1.74 bits per heavy atom. The SMILES string of the molecule is O=C(O)CNC(=O)CNC(=O)OCc1ccccc1. The Hall–Kier alpha value is -2.57. The van der Waals surface area contributed by atoms with E-state index >= 15 is 0 Å². The minimum absolute atomic E-state index is 0.101. The van der Waals surface area contributed by atoms with Crippen molar-refractivity contribution in [1.82, 2.24) is 10.6 Å². The zero-order valence-electron chi connectivity index (χ0n) is 10.1. The number of carboxylic acid groups (broad SMARTS) is 1. The summed E-state index contributed by atoms with van der Waals surface area (Å²) in [4.78, 5) is 32.5. The molecule has 0 unspecified atom stereocenters. The molecular formula is C12H14N2O5. The molecule has 0 aliphatic rings. The number of carbonyl (C=O) groups is 3. The van der Waals surface area contributed by atoms with Gasteiger partial charge in [0, 0.05) is 0 Å². The fourth-order valence-electron chi connectivity index (χ4n) is 1.16. The first-order chi connectivity index (χ1) is 9.08. The van der Waals surface area contributed by atoms with Crippen LogP contribution in [0.15, 0.2) is 30.3 Å². The lowest BCUT2D eigenvalue weighted by Crippen LogP contribution is -2.39. The molecule has 7 nitrogen and oxygen atoms in total. The molecular weight excluding hydrogens is 252 g/mol. The molecule has 0 saturated carbocycles. The fourth-order valence-corrected chi connectivity index (χ4v) is 1.16. The second kappa shape index (κ2) is 7.70. The first-order valence-corrected chi connectivity index (χ1v) is 5.51. The smallest absolute Gasteiger partial charge is 0.407 e. The third-order valence-electron chi connectivity index (χ3n) is 2.04. The monoisotopic (exact) mass is 266 g/mol. The Bertz CT molecular complexity index is 447. The highest BCUT2D eigenvalue weighted by molar-refractivity contribution is 5.84. The molecule has 0 aromatic heterocycles. The zero-order valence-corrected chi connectivity index (χ0v) is 10.1. The number of nitrogens with one attached hydrogen (secondary N) is 2. The number of amides is 2. The maximum absolute atomic E-state index is 11.2. The van der Waals surface area contributed by atoms with E-state index in [1.165, 1.54) is 0 Å². The van der Waals surface area contributed by atoms with Gasteiger partial charge in [0.2, 0.25) is 5.91 Å². The first-order valence-electron chi connectivity index (χ1n) is 5.51. The molecule has 0 heterocycles. The summed E-state index contributed by atoms with van der Waals surface area (Å²) in [7, 11) is 0. The summed E-state index contributed by atoms with van der Waals surface area (Å²) in [6.07, 6.45) is -0.741. The Balaban J connectivity index is 2.17. The molecule has 0 atom stereocenters. The molecule has 0 bridgehead atoms. The van der Waals surface area contributed by atoms with Gasteiger partial charge in [0.05, 0.1) is 0 Å². The van der Waals surface area contributed by atoms with Crippen LogP contribution in [0.3, 0.4) is 0 Å². The van der Waals surface area contributed by atoms with Crippen LogP contribution in [0.1, 0.15) is 5.56 Å². The number of rotatable bonds is 6. The van der Waals surface area contributed by atoms with Crippen LogP contribution in [0, 0.1) is 0 Å². The summed E-state index contributed by atoms with van der Waals surface area (Å²) in [6, 6.07) is 9.07. The van der Waals surface area contributed by atoms with E-state index in [4.69, 9.17) is 9.84 Å². The van der Waals surface area contributed by atoms with Crippen molar-refractivity contribution in [2.45, 2.75) is 6.61 Å². The van der Waals surface area contributed by atoms with Crippen molar-refractivity contribution < 1.29 is 24.2 Å². The third-order valence-corrected chi connectivity index (χ3v) is 2.04. The zero-order chi connectivity index (χ0) is 14.1. The number of alkyl carbamates (subject to hydrolysis) is 1. The van der Waals surface area contributed by atoms with Gasteiger partial charge in [-0.05, 0) is 5.56 Å². The van der Waals surface area contributed by atoms with Crippen molar-refractivity contribution in [3.8, 4) is 0 Å². The average Bonchev–Trinajstić information content (AvgIpc) is 2.41. The first kappa shape index (κ1) is 14.5. The molecule has 0 radical (unpaired) electrons. The quantitative estimate of drug-likeness (QED) is 0.678. The lowest BCUT2D eigenvalue weighted by atomic mass is 10.2. The second-order valence-corrected chi connectivity index (χ2v) is 3.59. The summed E-state index contributed by atoms with van der Waals surface area (Å²) >= 11 is 0. The Kier molecular flexibility index (Phi) is 5.87. The molecule has 1 aromatic carbocycles. The number of ether oxygens (including phenoxy) is 1. The maximum atomic E-state index is 11.2. The fraction of sp³-hybridized carbons (Fsp3) is 0.250. The summed E-state index contributed by atoms with van der Waals surface area (Å²) in [5, 5.41) is 12.6. The molecule has 19 heavy (non-hydrogen) atoms. The Morgan fingerprint density at radius 3 is 2.37 bits per heavy atom. The van der Waals surface area contributed by atoms with E-state index in [0.29, 0.717) is 0 Å². The summed E-state index contributed by atoms with van der Waals surface area (Å²) in [5.74, 6) is -1.75. The maximum Gasteiger partial charge on any atom is 0.407 e. The largest absolute Gasteiger partial charge is 0.480 e. The lowest BCUT2D eigenvalue weighted by Gasteiger charge is -2.07. The number of hydrogen-bond acceptors (Lipinski definition) is 4. The molecule has 7 heteroatoms. The molecule has 102 valence electrons. The third kappa shape index (κ3) is 6.67. The van der Waals surface area contributed by atoms with Crippen LogP contribution in [-0.4, -0.2) is 36.2 Å². The minimum atomic E-state index is -1.15. The van der Waals surface area contributed by atoms with Crippen molar-refractivity contribution in [2.75, 3.05) is 13.1 Å². The van der Waals surface area contributed by atoms with Crippen molar-refractivity contribution in [3.05, 3.63) is 35.9 Å². The van der Waals surface area contributed by atoms with Crippen LogP contribution >= 0.6 is 0 Å². The molecule has 0 aliphatic carbocycles. The number of hydrogen-bond donors (Lipinski definition) is 3. The van der Waals surface area contributed by atoms with Crippen molar-refractivity contribution in [3.63, 3.8) is 0 Å². The van der Waals surface area contributed by atoms with Gasteiger partial charge >= 0.3 is 12.1 Å². The molecule has 1 aromatic rings. The van der Waals surface area contributed by atoms with Crippen LogP contribution in [0.4, 0.5) is 4.79 Å². The van der Waals surface area contributed by atoms with E-state index in [9.17, 15) is 14.4 Å². The standard InChI is InChI=1S/C12H14N2O5/c15-10(13-7-11(16)17)6-14-12(18)19-8-9-4-2-1-3-5-9/h1-5H,6-8H2,(H,13,15)(H,14,18)(H,16,17). The molecule has 0 saturated heterocycles. The van der Waals surface area contributed by atoms with Gasteiger partial charge in [-0.1, -0.05) is 30.3 Å². The van der Waals surface area contributed by atoms with E-state index in [0.717, 1.165) is 5.56 Å². The highest BCUT2D eigenvalue weighted by atomic mass is 16.5. The van der Waals surface area contributed by atoms with E-state index in [-0.39, 0.29) is 13.2 Å². The second-order valence-electron chi connectivity index (χ2n) is 3.59. The molecule has 0 spiro atoms. The molecule has 1 rings (SSSR count). The van der Waals surface area contributed by atoms with Crippen LogP contribution in [-0.2, 0) is 20.9 Å². The summed E-state index contributed by atoms with van der Waals surface area (Å²) in [5.41, 5.74) is 0.827. The number of carboxylic acids is 1. The van der Waals surface area contributed by atoms with Gasteiger partial charge in [-0.15, -0.1) is 0 Å². The van der Waals surface area contributed by atoms with Crippen LogP contribution in [0.25, 0.3) is 0 Å². The van der Waals surface area contributed by atoms with Crippen molar-refractivity contribution in [1.29, 1.82) is 0 Å². The van der Waals surface area contributed by atoms with E-state index in [2.05, 4.69) is 10.6 Å². The molecule has 0 aliphatic heterocycles. The van der Waals surface area contributed by atoms with Gasteiger partial charge in [0.15, 0.2) is 0 Å². The number of aliphatic carboxylic acids is 1. The highest BCUT2D eigenvalue weighted by Gasteiger charge is 2.07. The predicted octanol–water partition coefficient (Wildman–Crippen LogP) is 0.114. The number of carbonyl (C=O) groups excluding carboxylic acids is 2. The topological polar surface area (TPSA) is 105 Å². The Morgan fingerprint density at radius 1 is 1.05 bits per heavy atom. The van der Waals surface area contributed by atoms with Gasteiger partial charge in [-0.2, -0.15) is 0 Å². The molecule has 3 N–H and O–H groups in total. The van der Waals surface area contributed by atoms with Crippen molar-refractivity contribution >= 4 is 18.0 Å². The number of benzene rings is 1. The average molecular weight is 266 g/mol. The lowest BCUT2D eigenvalue weighted by molar-refractivity contribution is -0.137. The van der Waals surface area contributed by atoms with E-state index < -0.39 is 24.5 Å². The van der Waals surface area contributed by atoms with Crippen LogP contribution in [0.2, 0.25) is 0 Å². The van der Waals surface area contributed by atoms with Crippen molar-refractivity contribution in [2.24, 2.45) is 0 Å². The van der Waals surface area contributed by atoms with E-state index in [1.54, 1.807) is 12.1 Å². The highest BCUT2D eigenvalue weighted by Crippen LogP contribution is 2.00. The van der Waals surface area contributed by atoms with Crippen LogP contribution in [0.5, 0.6) is 0 Å². The Labute approximate surface area is 109 Å². The van der Waals surface area contributed by atoms with Gasteiger partial charge in [-0.25, -0.2) is 4.79 Å². The van der Waals surface area contributed by atoms with Gasteiger partial charge in [0.25, 0.3) is 0 Å². The van der Waals surface area contributed by atoms with Crippen LogP contribution < -0.4 is 10.6 Å². The normalized spacial score (nSPS) is 9.47.